The summed E-state index contributed by atoms with van der Waals surface area (Å²) >= 11 is 0. The highest BCUT2D eigenvalue weighted by Gasteiger charge is 2.24. The van der Waals surface area contributed by atoms with E-state index >= 15 is 0 Å². The molecule has 2 aromatic heterocycles. The SMILES string of the molecule is Cc1ccoc1C(=O)Nc1cccc(C#Cc2cncc(C(=O)NS(=O)(=CC(=O)N3CCC(O)CC3)c3ccccc3)c2)c1. The van der Waals surface area contributed by atoms with Crippen LogP contribution in [0, 0.1) is 18.8 Å². The van der Waals surface area contributed by atoms with Gasteiger partial charge < -0.3 is 19.7 Å². The van der Waals surface area contributed by atoms with Crippen LogP contribution in [0.2, 0.25) is 0 Å². The molecule has 1 saturated heterocycles. The minimum atomic E-state index is -3.46. The third kappa shape index (κ3) is 7.42. The summed E-state index contributed by atoms with van der Waals surface area (Å²) < 4.78 is 21.9. The number of rotatable bonds is 6. The number of aliphatic hydroxyl groups is 1. The number of carbonyl (C=O) groups excluding carboxylic acids is 3. The average Bonchev–Trinajstić information content (AvgIpc) is 3.47. The molecule has 2 aromatic carbocycles. The molecule has 0 saturated carbocycles. The van der Waals surface area contributed by atoms with E-state index in [2.05, 4.69) is 26.9 Å². The highest BCUT2D eigenvalue weighted by molar-refractivity contribution is 8.01. The van der Waals surface area contributed by atoms with E-state index in [4.69, 9.17) is 4.42 Å². The van der Waals surface area contributed by atoms with Crippen LogP contribution >= 0.6 is 0 Å². The zero-order valence-electron chi connectivity index (χ0n) is 23.9. The van der Waals surface area contributed by atoms with Crippen molar-refractivity contribution in [3.05, 3.63) is 113 Å². The van der Waals surface area contributed by atoms with Gasteiger partial charge in [-0.15, -0.1) is 0 Å². The molecule has 1 aliphatic heterocycles. The Hall–Kier alpha value is -5.18. The fourth-order valence-corrected chi connectivity index (χ4v) is 6.22. The van der Waals surface area contributed by atoms with Gasteiger partial charge in [-0.2, -0.15) is 0 Å². The number of nitrogens with one attached hydrogen (secondary N) is 2. The second-order valence-corrected chi connectivity index (χ2v) is 12.3. The number of aromatic nitrogens is 1. The van der Waals surface area contributed by atoms with Gasteiger partial charge in [0, 0.05) is 47.9 Å². The van der Waals surface area contributed by atoms with E-state index in [0.717, 1.165) is 10.9 Å². The van der Waals surface area contributed by atoms with Crippen molar-refractivity contribution >= 4 is 38.5 Å². The van der Waals surface area contributed by atoms with Gasteiger partial charge in [0.15, 0.2) is 5.76 Å². The summed E-state index contributed by atoms with van der Waals surface area (Å²) in [5.74, 6) is 4.64. The first kappa shape index (κ1) is 30.3. The van der Waals surface area contributed by atoms with Crippen molar-refractivity contribution in [1.29, 1.82) is 0 Å². The average molecular weight is 611 g/mol. The van der Waals surface area contributed by atoms with E-state index in [-0.39, 0.29) is 22.1 Å². The number of anilines is 1. The molecular formula is C33H30N4O6S. The molecular weight excluding hydrogens is 580 g/mol. The van der Waals surface area contributed by atoms with Crippen LogP contribution in [0.1, 0.15) is 50.4 Å². The van der Waals surface area contributed by atoms with E-state index in [9.17, 15) is 23.7 Å². The molecule has 11 heteroatoms. The predicted octanol–water partition coefficient (Wildman–Crippen LogP) is 3.41. The Balaban J connectivity index is 1.34. The van der Waals surface area contributed by atoms with Gasteiger partial charge in [-0.05, 0) is 62.2 Å². The van der Waals surface area contributed by atoms with Crippen LogP contribution in [-0.2, 0) is 14.5 Å². The summed E-state index contributed by atoms with van der Waals surface area (Å²) in [5, 5.41) is 13.6. The van der Waals surface area contributed by atoms with Crippen molar-refractivity contribution in [1.82, 2.24) is 14.6 Å². The monoisotopic (exact) mass is 610 g/mol. The van der Waals surface area contributed by atoms with E-state index in [1.165, 1.54) is 29.6 Å². The lowest BCUT2D eigenvalue weighted by molar-refractivity contribution is -0.125. The topological polar surface area (TPSA) is 142 Å². The quantitative estimate of drug-likeness (QED) is 0.224. The number of piperidine rings is 1. The number of hydrogen-bond donors (Lipinski definition) is 3. The number of nitrogens with zero attached hydrogens (tertiary/aromatic N) is 2. The number of furan rings is 1. The van der Waals surface area contributed by atoms with Crippen molar-refractivity contribution in [2.24, 2.45) is 0 Å². The van der Waals surface area contributed by atoms with Gasteiger partial charge in [-0.1, -0.05) is 36.1 Å². The van der Waals surface area contributed by atoms with Crippen LogP contribution in [0.25, 0.3) is 0 Å². The molecule has 1 fully saturated rings. The third-order valence-electron chi connectivity index (χ3n) is 6.92. The summed E-state index contributed by atoms with van der Waals surface area (Å²) in [5.41, 5.74) is 2.40. The second kappa shape index (κ2) is 13.4. The number of pyridine rings is 1. The standard InChI is InChI=1S/C33H30N4O6S/c1-23-14-17-43-31(23)33(41)35-27-7-5-6-24(19-27)10-11-25-18-26(21-34-20-25)32(40)36-44(42,29-8-3-2-4-9-29)22-30(39)37-15-12-28(38)13-16-37/h2-9,14,17-22,28,38H,12-13,15-16H2,1H3,(H,35,41)(H,36,40,42). The first-order valence-corrected chi connectivity index (χ1v) is 15.5. The first-order chi connectivity index (χ1) is 21.2. The van der Waals surface area contributed by atoms with Crippen molar-refractivity contribution in [2.45, 2.75) is 30.8 Å². The molecule has 0 radical (unpaired) electrons. The highest BCUT2D eigenvalue weighted by Crippen LogP contribution is 2.16. The molecule has 0 aliphatic carbocycles. The Bertz CT molecular complexity index is 1870. The van der Waals surface area contributed by atoms with Gasteiger partial charge in [-0.3, -0.25) is 24.1 Å². The second-order valence-electron chi connectivity index (χ2n) is 10.2. The van der Waals surface area contributed by atoms with E-state index in [1.807, 2.05) is 0 Å². The molecule has 1 unspecified atom stereocenters. The zero-order valence-corrected chi connectivity index (χ0v) is 24.7. The van der Waals surface area contributed by atoms with Crippen molar-refractivity contribution in [3.8, 4) is 11.8 Å². The van der Waals surface area contributed by atoms with Crippen molar-refractivity contribution < 1.29 is 28.1 Å². The van der Waals surface area contributed by atoms with E-state index in [0.29, 0.717) is 42.7 Å². The van der Waals surface area contributed by atoms with E-state index < -0.39 is 27.6 Å². The van der Waals surface area contributed by atoms with E-state index in [1.54, 1.807) is 67.6 Å². The highest BCUT2D eigenvalue weighted by atomic mass is 32.2. The molecule has 44 heavy (non-hydrogen) atoms. The summed E-state index contributed by atoms with van der Waals surface area (Å²) in [7, 11) is -3.46. The van der Waals surface area contributed by atoms with Crippen LogP contribution in [0.15, 0.2) is 94.7 Å². The number of carbonyl (C=O) groups is 3. The molecule has 1 aliphatic rings. The maximum atomic E-state index is 14.1. The van der Waals surface area contributed by atoms with Crippen LogP contribution in [0.5, 0.6) is 0 Å². The molecule has 0 spiro atoms. The zero-order chi connectivity index (χ0) is 31.1. The molecule has 3 amide bonds. The molecule has 10 nitrogen and oxygen atoms in total. The fraction of sp³-hybridized carbons (Fsp3) is 0.182. The molecule has 3 N–H and O–H groups in total. The van der Waals surface area contributed by atoms with Gasteiger partial charge in [0.1, 0.15) is 0 Å². The number of likely N-dealkylation sites (tertiary alicyclic amines) is 1. The van der Waals surface area contributed by atoms with Crippen molar-refractivity contribution in [3.63, 3.8) is 0 Å². The Kier molecular flexibility index (Phi) is 9.23. The lowest BCUT2D eigenvalue weighted by Crippen LogP contribution is -2.43. The molecule has 1 atom stereocenters. The lowest BCUT2D eigenvalue weighted by Gasteiger charge is -2.29. The van der Waals surface area contributed by atoms with Crippen LogP contribution in [0.4, 0.5) is 5.69 Å². The van der Waals surface area contributed by atoms with Gasteiger partial charge in [0.2, 0.25) is 0 Å². The molecule has 4 aromatic rings. The first-order valence-electron chi connectivity index (χ1n) is 13.9. The van der Waals surface area contributed by atoms with Gasteiger partial charge in [0.05, 0.1) is 37.9 Å². The van der Waals surface area contributed by atoms with Crippen LogP contribution in [-0.4, -0.2) is 61.5 Å². The number of aryl methyl sites for hydroxylation is 1. The van der Waals surface area contributed by atoms with Crippen LogP contribution in [0.3, 0.4) is 0 Å². The fourth-order valence-electron chi connectivity index (χ4n) is 4.52. The number of hydrogen-bond acceptors (Lipinski definition) is 7. The summed E-state index contributed by atoms with van der Waals surface area (Å²) in [6.07, 6.45) is 4.66. The maximum absolute atomic E-state index is 14.1. The Morgan fingerprint density at radius 1 is 0.977 bits per heavy atom. The number of amides is 3. The summed E-state index contributed by atoms with van der Waals surface area (Å²) in [6, 6.07) is 18.4. The maximum Gasteiger partial charge on any atom is 0.291 e. The molecule has 224 valence electrons. The van der Waals surface area contributed by atoms with Crippen molar-refractivity contribution in [2.75, 3.05) is 18.4 Å². The lowest BCUT2D eigenvalue weighted by atomic mass is 10.1. The molecule has 3 heterocycles. The summed E-state index contributed by atoms with van der Waals surface area (Å²) in [6.45, 7) is 2.44. The Morgan fingerprint density at radius 2 is 1.73 bits per heavy atom. The molecule has 0 bridgehead atoms. The van der Waals surface area contributed by atoms with Gasteiger partial charge in [0.25, 0.3) is 17.7 Å². The van der Waals surface area contributed by atoms with Crippen LogP contribution < -0.4 is 10.0 Å². The summed E-state index contributed by atoms with van der Waals surface area (Å²) in [4.78, 5) is 44.8. The van der Waals surface area contributed by atoms with Gasteiger partial charge >= 0.3 is 0 Å². The third-order valence-corrected chi connectivity index (χ3v) is 8.92. The Labute approximate surface area is 255 Å². The number of benzene rings is 2. The minimum absolute atomic E-state index is 0.109. The normalized spacial score (nSPS) is 14.5. The smallest absolute Gasteiger partial charge is 0.291 e. The number of aliphatic hydroxyl groups excluding tert-OH is 1. The van der Waals surface area contributed by atoms with Gasteiger partial charge in [-0.25, -0.2) is 4.21 Å². The Morgan fingerprint density at radius 3 is 2.45 bits per heavy atom. The minimum Gasteiger partial charge on any atom is -0.459 e. The predicted molar refractivity (Wildman–Crippen MR) is 166 cm³/mol. The largest absolute Gasteiger partial charge is 0.459 e. The molecule has 5 rings (SSSR count).